The van der Waals surface area contributed by atoms with Crippen molar-refractivity contribution in [2.45, 2.75) is 6.54 Å². The molecule has 0 aliphatic heterocycles. The number of benzene rings is 1. The SMILES string of the molecule is OCNCc1cc(Br)ccc1F. The van der Waals surface area contributed by atoms with E-state index >= 15 is 0 Å². The normalized spacial score (nSPS) is 10.2. The second kappa shape index (κ2) is 4.54. The van der Waals surface area contributed by atoms with E-state index in [1.165, 1.54) is 6.07 Å². The second-order valence-corrected chi connectivity index (χ2v) is 3.24. The molecule has 66 valence electrons. The summed E-state index contributed by atoms with van der Waals surface area (Å²) < 4.78 is 13.8. The molecule has 0 saturated carbocycles. The summed E-state index contributed by atoms with van der Waals surface area (Å²) in [4.78, 5) is 0. The smallest absolute Gasteiger partial charge is 0.127 e. The van der Waals surface area contributed by atoms with E-state index in [4.69, 9.17) is 5.11 Å². The molecule has 0 radical (unpaired) electrons. The third kappa shape index (κ3) is 2.55. The highest BCUT2D eigenvalue weighted by Gasteiger charge is 2.00. The van der Waals surface area contributed by atoms with Crippen molar-refractivity contribution >= 4 is 15.9 Å². The first kappa shape index (κ1) is 9.64. The molecule has 2 nitrogen and oxygen atoms in total. The van der Waals surface area contributed by atoms with Gasteiger partial charge in [-0.2, -0.15) is 0 Å². The summed E-state index contributed by atoms with van der Waals surface area (Å²) in [6, 6.07) is 4.70. The summed E-state index contributed by atoms with van der Waals surface area (Å²) in [5.74, 6) is -0.265. The van der Waals surface area contributed by atoms with E-state index in [0.717, 1.165) is 4.47 Å². The highest BCUT2D eigenvalue weighted by molar-refractivity contribution is 9.10. The van der Waals surface area contributed by atoms with Crippen LogP contribution < -0.4 is 5.32 Å². The van der Waals surface area contributed by atoms with E-state index in [1.807, 2.05) is 0 Å². The molecule has 0 amide bonds. The third-order valence-electron chi connectivity index (χ3n) is 1.44. The predicted octanol–water partition coefficient (Wildman–Crippen LogP) is 1.63. The summed E-state index contributed by atoms with van der Waals surface area (Å²) in [6.45, 7) is 0.188. The van der Waals surface area contributed by atoms with Crippen molar-refractivity contribution in [1.29, 1.82) is 0 Å². The molecule has 0 heterocycles. The van der Waals surface area contributed by atoms with Gasteiger partial charge in [0, 0.05) is 16.6 Å². The first-order valence-electron chi connectivity index (χ1n) is 3.49. The molecular formula is C8H9BrFNO. The lowest BCUT2D eigenvalue weighted by atomic mass is 10.2. The van der Waals surface area contributed by atoms with Crippen LogP contribution in [0.3, 0.4) is 0 Å². The Bertz CT molecular complexity index is 267. The highest BCUT2D eigenvalue weighted by Crippen LogP contribution is 2.14. The molecule has 0 unspecified atom stereocenters. The van der Waals surface area contributed by atoms with E-state index in [1.54, 1.807) is 12.1 Å². The highest BCUT2D eigenvalue weighted by atomic mass is 79.9. The topological polar surface area (TPSA) is 32.3 Å². The van der Waals surface area contributed by atoms with Crippen LogP contribution in [0.1, 0.15) is 5.56 Å². The van der Waals surface area contributed by atoms with E-state index in [0.29, 0.717) is 12.1 Å². The number of aliphatic hydroxyl groups is 1. The van der Waals surface area contributed by atoms with Crippen molar-refractivity contribution in [3.63, 3.8) is 0 Å². The Balaban J connectivity index is 2.75. The van der Waals surface area contributed by atoms with E-state index < -0.39 is 0 Å². The zero-order valence-electron chi connectivity index (χ0n) is 6.35. The molecule has 0 aromatic heterocycles. The Kier molecular flexibility index (Phi) is 3.65. The molecule has 1 rings (SSSR count). The number of hydrogen-bond donors (Lipinski definition) is 2. The van der Waals surface area contributed by atoms with Crippen molar-refractivity contribution in [2.75, 3.05) is 6.73 Å². The molecular weight excluding hydrogens is 225 g/mol. The van der Waals surface area contributed by atoms with Gasteiger partial charge in [0.25, 0.3) is 0 Å². The maximum absolute atomic E-state index is 13.0. The lowest BCUT2D eigenvalue weighted by molar-refractivity contribution is 0.258. The number of hydrogen-bond acceptors (Lipinski definition) is 2. The molecule has 0 spiro atoms. The maximum Gasteiger partial charge on any atom is 0.127 e. The summed E-state index contributed by atoms with van der Waals surface area (Å²) in [6.07, 6.45) is 0. The molecule has 2 N–H and O–H groups in total. The Labute approximate surface area is 78.5 Å². The van der Waals surface area contributed by atoms with Crippen LogP contribution in [0.2, 0.25) is 0 Å². The van der Waals surface area contributed by atoms with Gasteiger partial charge in [0.15, 0.2) is 0 Å². The lowest BCUT2D eigenvalue weighted by Gasteiger charge is -2.03. The van der Waals surface area contributed by atoms with E-state index in [2.05, 4.69) is 21.2 Å². The largest absolute Gasteiger partial charge is 0.381 e. The van der Waals surface area contributed by atoms with Crippen molar-refractivity contribution in [3.05, 3.63) is 34.1 Å². The van der Waals surface area contributed by atoms with Gasteiger partial charge in [-0.1, -0.05) is 15.9 Å². The quantitative estimate of drug-likeness (QED) is 0.779. The first-order chi connectivity index (χ1) is 5.74. The summed E-state index contributed by atoms with van der Waals surface area (Å²) in [5, 5.41) is 11.1. The van der Waals surface area contributed by atoms with E-state index in [9.17, 15) is 4.39 Å². The van der Waals surface area contributed by atoms with Gasteiger partial charge in [-0.25, -0.2) is 4.39 Å². The zero-order chi connectivity index (χ0) is 8.97. The van der Waals surface area contributed by atoms with Crippen molar-refractivity contribution in [3.8, 4) is 0 Å². The molecule has 1 aromatic carbocycles. The average molecular weight is 234 g/mol. The predicted molar refractivity (Wildman–Crippen MR) is 48.0 cm³/mol. The zero-order valence-corrected chi connectivity index (χ0v) is 7.94. The molecule has 0 saturated heterocycles. The van der Waals surface area contributed by atoms with Gasteiger partial charge < -0.3 is 5.11 Å². The summed E-state index contributed by atoms with van der Waals surface area (Å²) in [5.41, 5.74) is 0.540. The molecule has 0 aliphatic carbocycles. The van der Waals surface area contributed by atoms with Crippen molar-refractivity contribution in [1.82, 2.24) is 5.32 Å². The lowest BCUT2D eigenvalue weighted by Crippen LogP contribution is -2.14. The minimum Gasteiger partial charge on any atom is -0.381 e. The van der Waals surface area contributed by atoms with Gasteiger partial charge in [-0.05, 0) is 18.2 Å². The van der Waals surface area contributed by atoms with Gasteiger partial charge in [0.05, 0.1) is 6.73 Å². The van der Waals surface area contributed by atoms with Gasteiger partial charge >= 0.3 is 0 Å². The van der Waals surface area contributed by atoms with Gasteiger partial charge in [0.1, 0.15) is 5.82 Å². The van der Waals surface area contributed by atoms with Crippen LogP contribution in [-0.4, -0.2) is 11.8 Å². The van der Waals surface area contributed by atoms with Crippen LogP contribution in [0.25, 0.3) is 0 Å². The van der Waals surface area contributed by atoms with Crippen LogP contribution in [-0.2, 0) is 6.54 Å². The van der Waals surface area contributed by atoms with Gasteiger partial charge in [0.2, 0.25) is 0 Å². The van der Waals surface area contributed by atoms with Crippen LogP contribution in [0.5, 0.6) is 0 Å². The Morgan fingerprint density at radius 1 is 1.50 bits per heavy atom. The fraction of sp³-hybridized carbons (Fsp3) is 0.250. The standard InChI is InChI=1S/C8H9BrFNO/c9-7-1-2-8(10)6(3-7)4-11-5-12/h1-3,11-12H,4-5H2. The van der Waals surface area contributed by atoms with Gasteiger partial charge in [-0.15, -0.1) is 0 Å². The Morgan fingerprint density at radius 3 is 2.92 bits per heavy atom. The molecule has 0 atom stereocenters. The minimum atomic E-state index is -0.265. The van der Waals surface area contributed by atoms with Crippen molar-refractivity contribution in [2.24, 2.45) is 0 Å². The molecule has 12 heavy (non-hydrogen) atoms. The fourth-order valence-corrected chi connectivity index (χ4v) is 1.28. The summed E-state index contributed by atoms with van der Waals surface area (Å²) in [7, 11) is 0. The van der Waals surface area contributed by atoms with E-state index in [-0.39, 0.29) is 12.5 Å². The van der Waals surface area contributed by atoms with Gasteiger partial charge in [-0.3, -0.25) is 5.32 Å². The second-order valence-electron chi connectivity index (χ2n) is 2.32. The van der Waals surface area contributed by atoms with Crippen LogP contribution >= 0.6 is 15.9 Å². The molecule has 4 heteroatoms. The number of aliphatic hydroxyl groups excluding tert-OH is 1. The van der Waals surface area contributed by atoms with Crippen molar-refractivity contribution < 1.29 is 9.50 Å². The van der Waals surface area contributed by atoms with Crippen LogP contribution in [0.15, 0.2) is 22.7 Å². The molecule has 1 aromatic rings. The molecule has 0 aliphatic rings. The Morgan fingerprint density at radius 2 is 2.25 bits per heavy atom. The maximum atomic E-state index is 13.0. The van der Waals surface area contributed by atoms with Crippen LogP contribution in [0.4, 0.5) is 4.39 Å². The third-order valence-corrected chi connectivity index (χ3v) is 1.93. The molecule has 0 bridgehead atoms. The molecule has 0 fully saturated rings. The monoisotopic (exact) mass is 233 g/mol. The fourth-order valence-electron chi connectivity index (χ4n) is 0.869. The summed E-state index contributed by atoms with van der Waals surface area (Å²) >= 11 is 3.23. The average Bonchev–Trinajstić information content (AvgIpc) is 2.07. The number of halogens is 2. The Hall–Kier alpha value is -0.450. The van der Waals surface area contributed by atoms with Crippen LogP contribution in [0, 0.1) is 5.82 Å². The first-order valence-corrected chi connectivity index (χ1v) is 4.29. The minimum absolute atomic E-state index is 0.147. The number of nitrogens with one attached hydrogen (secondary N) is 1. The number of rotatable bonds is 3.